The van der Waals surface area contributed by atoms with Crippen LogP contribution in [0.4, 0.5) is 0 Å². The van der Waals surface area contributed by atoms with Crippen LogP contribution in [0.3, 0.4) is 0 Å². The highest BCUT2D eigenvalue weighted by Gasteiger charge is 2.28. The zero-order valence-corrected chi connectivity index (χ0v) is 14.7. The Balaban J connectivity index is 2.75. The van der Waals surface area contributed by atoms with Gasteiger partial charge in [0.25, 0.3) is 0 Å². The number of rotatable bonds is 4. The highest BCUT2D eigenvalue weighted by Crippen LogP contribution is 2.20. The van der Waals surface area contributed by atoms with E-state index in [1.807, 2.05) is 58.9 Å². The number of nitrogens with zero attached hydrogens (tertiary/aromatic N) is 1. The van der Waals surface area contributed by atoms with E-state index < -0.39 is 11.5 Å². The molecule has 0 aliphatic rings. The predicted octanol–water partition coefficient (Wildman–Crippen LogP) is 3.07. The third kappa shape index (κ3) is 4.58. The van der Waals surface area contributed by atoms with Crippen LogP contribution >= 0.6 is 0 Å². The first kappa shape index (κ1) is 18.2. The highest BCUT2D eigenvalue weighted by atomic mass is 16.2. The second kappa shape index (κ2) is 6.95. The van der Waals surface area contributed by atoms with Crippen LogP contribution in [0.2, 0.25) is 0 Å². The van der Waals surface area contributed by atoms with Crippen molar-refractivity contribution in [1.82, 2.24) is 10.2 Å². The summed E-state index contributed by atoms with van der Waals surface area (Å²) >= 11 is 0. The molecule has 2 unspecified atom stereocenters. The number of nitrogens with one attached hydrogen (secondary N) is 1. The third-order valence-corrected chi connectivity index (χ3v) is 3.89. The number of carbonyl (C=O) groups is 2. The Bertz CT molecular complexity index is 529. The smallest absolute Gasteiger partial charge is 0.245 e. The first-order chi connectivity index (χ1) is 10.0. The van der Waals surface area contributed by atoms with Gasteiger partial charge in [-0.2, -0.15) is 0 Å². The molecule has 22 heavy (non-hydrogen) atoms. The summed E-state index contributed by atoms with van der Waals surface area (Å²) in [5, 5.41) is 2.79. The number of benzene rings is 1. The lowest BCUT2D eigenvalue weighted by Crippen LogP contribution is -2.49. The van der Waals surface area contributed by atoms with Crippen LogP contribution in [0.1, 0.15) is 51.8 Å². The Kier molecular flexibility index (Phi) is 5.75. The first-order valence-corrected chi connectivity index (χ1v) is 7.68. The summed E-state index contributed by atoms with van der Waals surface area (Å²) in [6.07, 6.45) is 0. The van der Waals surface area contributed by atoms with Crippen molar-refractivity contribution >= 4 is 11.8 Å². The van der Waals surface area contributed by atoms with E-state index in [0.29, 0.717) is 0 Å². The van der Waals surface area contributed by atoms with Gasteiger partial charge in [0, 0.05) is 12.5 Å². The second-order valence-electron chi connectivity index (χ2n) is 6.98. The Morgan fingerprint density at radius 2 is 1.59 bits per heavy atom. The number of likely N-dealkylation sites (N-methyl/N-ethyl adjacent to an activating group) is 1. The van der Waals surface area contributed by atoms with Crippen molar-refractivity contribution in [2.45, 2.75) is 53.6 Å². The molecule has 0 spiro atoms. The standard InChI is InChI=1S/C18H28N2O2/c1-12-8-10-15(11-9-12)14(3)20(7)16(21)13(2)19-17(22)18(4,5)6/h8-11,13-14H,1-7H3,(H,19,22). The zero-order chi connectivity index (χ0) is 17.1. The van der Waals surface area contributed by atoms with E-state index in [1.165, 1.54) is 5.56 Å². The molecule has 122 valence electrons. The van der Waals surface area contributed by atoms with E-state index >= 15 is 0 Å². The van der Waals surface area contributed by atoms with Gasteiger partial charge in [0.05, 0.1) is 6.04 Å². The lowest BCUT2D eigenvalue weighted by molar-refractivity contribution is -0.138. The zero-order valence-electron chi connectivity index (χ0n) is 14.7. The molecule has 0 saturated heterocycles. The van der Waals surface area contributed by atoms with Crippen molar-refractivity contribution in [3.8, 4) is 0 Å². The topological polar surface area (TPSA) is 49.4 Å². The van der Waals surface area contributed by atoms with E-state index in [-0.39, 0.29) is 17.9 Å². The molecular formula is C18H28N2O2. The average Bonchev–Trinajstić information content (AvgIpc) is 2.44. The molecule has 4 nitrogen and oxygen atoms in total. The molecule has 0 radical (unpaired) electrons. The SMILES string of the molecule is Cc1ccc(C(C)N(C)C(=O)C(C)NC(=O)C(C)(C)C)cc1. The summed E-state index contributed by atoms with van der Waals surface area (Å²) in [5.41, 5.74) is 1.77. The fraction of sp³-hybridized carbons (Fsp3) is 0.556. The molecule has 4 heteroatoms. The van der Waals surface area contributed by atoms with Crippen LogP contribution in [0, 0.1) is 12.3 Å². The van der Waals surface area contributed by atoms with E-state index in [2.05, 4.69) is 5.32 Å². The van der Waals surface area contributed by atoms with Gasteiger partial charge in [-0.1, -0.05) is 50.6 Å². The maximum absolute atomic E-state index is 12.5. The number of aryl methyl sites for hydroxylation is 1. The number of amides is 2. The number of hydrogen-bond acceptors (Lipinski definition) is 2. The molecule has 0 heterocycles. The van der Waals surface area contributed by atoms with Crippen LogP contribution in [-0.2, 0) is 9.59 Å². The fourth-order valence-electron chi connectivity index (χ4n) is 2.04. The number of hydrogen-bond donors (Lipinski definition) is 1. The molecule has 2 amide bonds. The van der Waals surface area contributed by atoms with Crippen molar-refractivity contribution in [2.75, 3.05) is 7.05 Å². The average molecular weight is 304 g/mol. The Morgan fingerprint density at radius 3 is 2.05 bits per heavy atom. The van der Waals surface area contributed by atoms with Crippen molar-refractivity contribution in [1.29, 1.82) is 0 Å². The monoisotopic (exact) mass is 304 g/mol. The Morgan fingerprint density at radius 1 is 1.09 bits per heavy atom. The van der Waals surface area contributed by atoms with Gasteiger partial charge in [0.2, 0.25) is 11.8 Å². The molecule has 1 N–H and O–H groups in total. The molecule has 1 rings (SSSR count). The summed E-state index contributed by atoms with van der Waals surface area (Å²) in [5.74, 6) is -0.213. The minimum atomic E-state index is -0.537. The van der Waals surface area contributed by atoms with Gasteiger partial charge in [-0.05, 0) is 26.3 Å². The lowest BCUT2D eigenvalue weighted by atomic mass is 9.95. The predicted molar refractivity (Wildman–Crippen MR) is 89.4 cm³/mol. The van der Waals surface area contributed by atoms with Crippen LogP contribution < -0.4 is 5.32 Å². The fourth-order valence-corrected chi connectivity index (χ4v) is 2.04. The summed E-state index contributed by atoms with van der Waals surface area (Å²) in [6, 6.07) is 7.56. The maximum Gasteiger partial charge on any atom is 0.245 e. The van der Waals surface area contributed by atoms with Gasteiger partial charge >= 0.3 is 0 Å². The molecule has 0 fully saturated rings. The van der Waals surface area contributed by atoms with Crippen LogP contribution in [-0.4, -0.2) is 29.8 Å². The van der Waals surface area contributed by atoms with Crippen LogP contribution in [0.5, 0.6) is 0 Å². The van der Waals surface area contributed by atoms with Gasteiger partial charge in [0.15, 0.2) is 0 Å². The third-order valence-electron chi connectivity index (χ3n) is 3.89. The molecule has 1 aromatic rings. The highest BCUT2D eigenvalue weighted by molar-refractivity contribution is 5.89. The summed E-state index contributed by atoms with van der Waals surface area (Å²) < 4.78 is 0. The van der Waals surface area contributed by atoms with Crippen molar-refractivity contribution in [3.05, 3.63) is 35.4 Å². The minimum Gasteiger partial charge on any atom is -0.344 e. The largest absolute Gasteiger partial charge is 0.344 e. The molecule has 0 aliphatic carbocycles. The van der Waals surface area contributed by atoms with Crippen molar-refractivity contribution < 1.29 is 9.59 Å². The quantitative estimate of drug-likeness (QED) is 0.929. The molecule has 2 atom stereocenters. The summed E-state index contributed by atoms with van der Waals surface area (Å²) in [6.45, 7) is 11.2. The molecule has 0 aliphatic heterocycles. The molecule has 1 aromatic carbocycles. The molecule has 0 aromatic heterocycles. The molecule has 0 saturated carbocycles. The second-order valence-corrected chi connectivity index (χ2v) is 6.98. The van der Waals surface area contributed by atoms with Crippen molar-refractivity contribution in [3.63, 3.8) is 0 Å². The van der Waals surface area contributed by atoms with E-state index in [4.69, 9.17) is 0 Å². The molecule has 0 bridgehead atoms. The van der Waals surface area contributed by atoms with Gasteiger partial charge in [-0.25, -0.2) is 0 Å². The van der Waals surface area contributed by atoms with Crippen LogP contribution in [0.15, 0.2) is 24.3 Å². The van der Waals surface area contributed by atoms with Gasteiger partial charge < -0.3 is 10.2 Å². The summed E-state index contributed by atoms with van der Waals surface area (Å²) in [4.78, 5) is 26.2. The molecular weight excluding hydrogens is 276 g/mol. The van der Waals surface area contributed by atoms with E-state index in [1.54, 1.807) is 18.9 Å². The van der Waals surface area contributed by atoms with Crippen molar-refractivity contribution in [2.24, 2.45) is 5.41 Å². The van der Waals surface area contributed by atoms with Gasteiger partial charge in [0.1, 0.15) is 6.04 Å². The van der Waals surface area contributed by atoms with Crippen LogP contribution in [0.25, 0.3) is 0 Å². The summed E-state index contributed by atoms with van der Waals surface area (Å²) in [7, 11) is 1.77. The van der Waals surface area contributed by atoms with Gasteiger partial charge in [-0.15, -0.1) is 0 Å². The van der Waals surface area contributed by atoms with E-state index in [9.17, 15) is 9.59 Å². The van der Waals surface area contributed by atoms with Gasteiger partial charge in [-0.3, -0.25) is 9.59 Å². The first-order valence-electron chi connectivity index (χ1n) is 7.68. The normalized spacial score (nSPS) is 14.1. The minimum absolute atomic E-state index is 0.0397. The number of carbonyl (C=O) groups excluding carboxylic acids is 2. The Hall–Kier alpha value is -1.84. The Labute approximate surface area is 133 Å². The van der Waals surface area contributed by atoms with E-state index in [0.717, 1.165) is 5.56 Å². The lowest BCUT2D eigenvalue weighted by Gasteiger charge is -2.29. The maximum atomic E-state index is 12.5.